The number of carboxylic acid groups (broad SMARTS) is 1. The molecule has 5 nitrogen and oxygen atoms in total. The molecule has 1 aromatic rings. The number of rotatable bonds is 4. The van der Waals surface area contributed by atoms with Gasteiger partial charge in [0.05, 0.1) is 11.3 Å². The summed E-state index contributed by atoms with van der Waals surface area (Å²) in [5.74, 6) is -3.78. The molecule has 0 aromatic heterocycles. The zero-order valence-corrected chi connectivity index (χ0v) is 10.5. The van der Waals surface area contributed by atoms with E-state index in [0.29, 0.717) is 12.5 Å². The molecule has 0 saturated carbocycles. The van der Waals surface area contributed by atoms with Gasteiger partial charge in [-0.2, -0.15) is 0 Å². The van der Waals surface area contributed by atoms with Crippen molar-refractivity contribution in [2.75, 3.05) is 5.32 Å². The predicted octanol–water partition coefficient (Wildman–Crippen LogP) is 2.58. The van der Waals surface area contributed by atoms with Crippen molar-refractivity contribution in [1.82, 2.24) is 5.32 Å². The van der Waals surface area contributed by atoms with Crippen molar-refractivity contribution in [2.24, 2.45) is 0 Å². The molecule has 104 valence electrons. The van der Waals surface area contributed by atoms with E-state index in [4.69, 9.17) is 5.11 Å². The lowest BCUT2D eigenvalue weighted by molar-refractivity contribution is 0.0692. The molecule has 1 rings (SSSR count). The van der Waals surface area contributed by atoms with Crippen LogP contribution in [0.1, 0.15) is 30.6 Å². The van der Waals surface area contributed by atoms with Crippen molar-refractivity contribution in [2.45, 2.75) is 26.3 Å². The van der Waals surface area contributed by atoms with Gasteiger partial charge in [0.2, 0.25) is 0 Å². The van der Waals surface area contributed by atoms with E-state index in [2.05, 4.69) is 10.6 Å². The number of urea groups is 1. The molecule has 7 heteroatoms. The smallest absolute Gasteiger partial charge is 0.338 e. The second-order valence-electron chi connectivity index (χ2n) is 4.02. The summed E-state index contributed by atoms with van der Waals surface area (Å²) in [6, 6.07) is 0.351. The van der Waals surface area contributed by atoms with Crippen molar-refractivity contribution in [3.05, 3.63) is 29.3 Å². The largest absolute Gasteiger partial charge is 0.478 e. The van der Waals surface area contributed by atoms with Crippen LogP contribution >= 0.6 is 0 Å². The first kappa shape index (κ1) is 14.9. The standard InChI is InChI=1S/C12H14F2N2O3/c1-3-6(2)15-12(19)16-10-4-7(11(17)18)8(13)5-9(10)14/h4-6H,3H2,1-2H3,(H,17,18)(H2,15,16,19). The molecule has 19 heavy (non-hydrogen) atoms. The van der Waals surface area contributed by atoms with Gasteiger partial charge in [0.15, 0.2) is 0 Å². The minimum atomic E-state index is -1.54. The molecule has 1 atom stereocenters. The zero-order chi connectivity index (χ0) is 14.6. The molecular formula is C12H14F2N2O3. The molecule has 0 aliphatic rings. The summed E-state index contributed by atoms with van der Waals surface area (Å²) in [7, 11) is 0. The van der Waals surface area contributed by atoms with E-state index in [1.54, 1.807) is 6.92 Å². The first-order valence-corrected chi connectivity index (χ1v) is 5.65. The van der Waals surface area contributed by atoms with Crippen molar-refractivity contribution >= 4 is 17.7 Å². The summed E-state index contributed by atoms with van der Waals surface area (Å²) in [6.07, 6.45) is 0.680. The van der Waals surface area contributed by atoms with E-state index in [9.17, 15) is 18.4 Å². The Morgan fingerprint density at radius 1 is 1.32 bits per heavy atom. The molecule has 0 bridgehead atoms. The fraction of sp³-hybridized carbons (Fsp3) is 0.333. The van der Waals surface area contributed by atoms with Crippen LogP contribution < -0.4 is 10.6 Å². The fourth-order valence-corrected chi connectivity index (χ4v) is 1.29. The number of benzene rings is 1. The van der Waals surface area contributed by atoms with Crippen molar-refractivity contribution in [3.8, 4) is 0 Å². The van der Waals surface area contributed by atoms with E-state index in [-0.39, 0.29) is 11.7 Å². The summed E-state index contributed by atoms with van der Waals surface area (Å²) in [5, 5.41) is 13.4. The maximum Gasteiger partial charge on any atom is 0.338 e. The van der Waals surface area contributed by atoms with Crippen LogP contribution in [-0.4, -0.2) is 23.1 Å². The molecule has 0 aliphatic heterocycles. The van der Waals surface area contributed by atoms with E-state index < -0.39 is 29.2 Å². The van der Waals surface area contributed by atoms with Crippen LogP contribution in [0.5, 0.6) is 0 Å². The number of hydrogen-bond acceptors (Lipinski definition) is 2. The number of amides is 2. The summed E-state index contributed by atoms with van der Waals surface area (Å²) >= 11 is 0. The molecule has 2 amide bonds. The third kappa shape index (κ3) is 3.90. The summed E-state index contributed by atoms with van der Waals surface area (Å²) < 4.78 is 26.5. The van der Waals surface area contributed by atoms with E-state index in [0.717, 1.165) is 6.07 Å². The Bertz CT molecular complexity index is 506. The Balaban J connectivity index is 2.92. The Hall–Kier alpha value is -2.18. The highest BCUT2D eigenvalue weighted by atomic mass is 19.1. The third-order valence-electron chi connectivity index (χ3n) is 2.53. The number of anilines is 1. The van der Waals surface area contributed by atoms with E-state index >= 15 is 0 Å². The number of hydrogen-bond donors (Lipinski definition) is 3. The quantitative estimate of drug-likeness (QED) is 0.788. The number of aromatic carboxylic acids is 1. The van der Waals surface area contributed by atoms with Crippen LogP contribution in [-0.2, 0) is 0 Å². The van der Waals surface area contributed by atoms with Gasteiger partial charge in [-0.15, -0.1) is 0 Å². The lowest BCUT2D eigenvalue weighted by atomic mass is 10.2. The highest BCUT2D eigenvalue weighted by Crippen LogP contribution is 2.19. The molecule has 0 aliphatic carbocycles. The van der Waals surface area contributed by atoms with Gasteiger partial charge in [-0.1, -0.05) is 6.92 Å². The Labute approximate surface area is 108 Å². The molecule has 0 radical (unpaired) electrons. The zero-order valence-electron chi connectivity index (χ0n) is 10.5. The highest BCUT2D eigenvalue weighted by Gasteiger charge is 2.16. The summed E-state index contributed by atoms with van der Waals surface area (Å²) in [4.78, 5) is 22.2. The van der Waals surface area contributed by atoms with Gasteiger partial charge in [-0.3, -0.25) is 0 Å². The molecule has 0 heterocycles. The van der Waals surface area contributed by atoms with Crippen molar-refractivity contribution in [3.63, 3.8) is 0 Å². The summed E-state index contributed by atoms with van der Waals surface area (Å²) in [6.45, 7) is 3.61. The number of carbonyl (C=O) groups excluding carboxylic acids is 1. The van der Waals surface area contributed by atoms with Gasteiger partial charge >= 0.3 is 12.0 Å². The van der Waals surface area contributed by atoms with Gasteiger partial charge in [0.25, 0.3) is 0 Å². The second-order valence-corrected chi connectivity index (χ2v) is 4.02. The SMILES string of the molecule is CCC(C)NC(=O)Nc1cc(C(=O)O)c(F)cc1F. The minimum absolute atomic E-state index is 0.123. The molecule has 0 fully saturated rings. The lowest BCUT2D eigenvalue weighted by Crippen LogP contribution is -2.35. The molecule has 0 saturated heterocycles. The number of halogens is 2. The van der Waals surface area contributed by atoms with Crippen LogP contribution in [0.15, 0.2) is 12.1 Å². The Morgan fingerprint density at radius 2 is 1.95 bits per heavy atom. The van der Waals surface area contributed by atoms with Crippen LogP contribution in [0.3, 0.4) is 0 Å². The summed E-state index contributed by atoms with van der Waals surface area (Å²) in [5.41, 5.74) is -1.10. The van der Waals surface area contributed by atoms with Crippen molar-refractivity contribution in [1.29, 1.82) is 0 Å². The highest BCUT2D eigenvalue weighted by molar-refractivity contribution is 5.93. The monoisotopic (exact) mass is 272 g/mol. The van der Waals surface area contributed by atoms with Gasteiger partial charge in [0.1, 0.15) is 11.6 Å². The van der Waals surface area contributed by atoms with E-state index in [1.807, 2.05) is 6.92 Å². The lowest BCUT2D eigenvalue weighted by Gasteiger charge is -2.13. The van der Waals surface area contributed by atoms with Gasteiger partial charge in [0, 0.05) is 12.1 Å². The Kier molecular flexibility index (Phi) is 4.80. The molecule has 0 spiro atoms. The predicted molar refractivity (Wildman–Crippen MR) is 65.2 cm³/mol. The van der Waals surface area contributed by atoms with Crippen molar-refractivity contribution < 1.29 is 23.5 Å². The van der Waals surface area contributed by atoms with Gasteiger partial charge in [-0.05, 0) is 19.4 Å². The minimum Gasteiger partial charge on any atom is -0.478 e. The average Bonchev–Trinajstić information content (AvgIpc) is 2.31. The van der Waals surface area contributed by atoms with Crippen LogP contribution in [0.4, 0.5) is 19.3 Å². The number of nitrogens with one attached hydrogen (secondary N) is 2. The normalized spacial score (nSPS) is 11.8. The van der Waals surface area contributed by atoms with Crippen LogP contribution in [0, 0.1) is 11.6 Å². The molecule has 1 unspecified atom stereocenters. The first-order chi connectivity index (χ1) is 8.85. The topological polar surface area (TPSA) is 78.4 Å². The van der Waals surface area contributed by atoms with Gasteiger partial charge in [-0.25, -0.2) is 18.4 Å². The maximum absolute atomic E-state index is 13.4. The van der Waals surface area contributed by atoms with Crippen LogP contribution in [0.25, 0.3) is 0 Å². The third-order valence-corrected chi connectivity index (χ3v) is 2.53. The maximum atomic E-state index is 13.4. The first-order valence-electron chi connectivity index (χ1n) is 5.65. The van der Waals surface area contributed by atoms with E-state index in [1.165, 1.54) is 0 Å². The molecule has 3 N–H and O–H groups in total. The Morgan fingerprint density at radius 3 is 2.47 bits per heavy atom. The molecule has 1 aromatic carbocycles. The fourth-order valence-electron chi connectivity index (χ4n) is 1.29. The van der Waals surface area contributed by atoms with Crippen LogP contribution in [0.2, 0.25) is 0 Å². The molecular weight excluding hydrogens is 258 g/mol. The average molecular weight is 272 g/mol. The number of carboxylic acids is 1. The van der Waals surface area contributed by atoms with Gasteiger partial charge < -0.3 is 15.7 Å². The second kappa shape index (κ2) is 6.12. The number of carbonyl (C=O) groups is 2.